The zero-order valence-electron chi connectivity index (χ0n) is 11.9. The Morgan fingerprint density at radius 1 is 1.18 bits per heavy atom. The maximum Gasteiger partial charge on any atom is 0.327 e. The maximum absolute atomic E-state index is 11.7. The molecule has 3 atom stereocenters. The summed E-state index contributed by atoms with van der Waals surface area (Å²) in [5, 5.41) is 24.1. The van der Waals surface area contributed by atoms with Crippen molar-refractivity contribution in [3.05, 3.63) is 0 Å². The molecule has 0 heterocycles. The topological polar surface area (TPSA) is 171 Å². The average Bonchev–Trinajstić information content (AvgIpc) is 2.48. The van der Waals surface area contributed by atoms with Crippen molar-refractivity contribution in [2.24, 2.45) is 5.73 Å². The first-order valence-electron chi connectivity index (χ1n) is 6.30. The Hall–Kier alpha value is -1.85. The molecule has 3 unspecified atom stereocenters. The van der Waals surface area contributed by atoms with E-state index in [9.17, 15) is 19.2 Å². The number of rotatable bonds is 9. The number of hydrogen-bond donors (Lipinski definition) is 7. The minimum Gasteiger partial charge on any atom is -0.480 e. The summed E-state index contributed by atoms with van der Waals surface area (Å²) in [6, 6.07) is -3.31. The van der Waals surface area contributed by atoms with E-state index in [1.54, 1.807) is 0 Å². The summed E-state index contributed by atoms with van der Waals surface area (Å²) in [7, 11) is 0. The van der Waals surface area contributed by atoms with Crippen LogP contribution in [0.4, 0.5) is 0 Å². The van der Waals surface area contributed by atoms with Crippen LogP contribution in [0.2, 0.25) is 0 Å². The number of aliphatic hydroxyl groups excluding tert-OH is 1. The Morgan fingerprint density at radius 2 is 1.77 bits per heavy atom. The number of carboxylic acid groups (broad SMARTS) is 1. The molecule has 0 aromatic rings. The Morgan fingerprint density at radius 3 is 2.23 bits per heavy atom. The quantitative estimate of drug-likeness (QED) is 0.213. The number of aliphatic carboxylic acids is 1. The fourth-order valence-corrected chi connectivity index (χ4v) is 1.47. The van der Waals surface area contributed by atoms with Gasteiger partial charge in [0.1, 0.15) is 18.1 Å². The van der Waals surface area contributed by atoms with Gasteiger partial charge in [0.15, 0.2) is 0 Å². The fourth-order valence-electron chi connectivity index (χ4n) is 1.22. The number of nitrogens with one attached hydrogen (secondary N) is 3. The van der Waals surface area contributed by atoms with Gasteiger partial charge in [-0.15, -0.1) is 0 Å². The number of hydrogen-bond acceptors (Lipinski definition) is 7. The third-order valence-electron chi connectivity index (χ3n) is 2.52. The third-order valence-corrected chi connectivity index (χ3v) is 2.89. The summed E-state index contributed by atoms with van der Waals surface area (Å²) in [6.45, 7) is 0.359. The molecule has 0 saturated heterocycles. The van der Waals surface area contributed by atoms with Gasteiger partial charge in [0, 0.05) is 5.75 Å². The van der Waals surface area contributed by atoms with Gasteiger partial charge in [-0.1, -0.05) is 0 Å². The van der Waals surface area contributed by atoms with Gasteiger partial charge in [-0.2, -0.15) is 12.6 Å². The van der Waals surface area contributed by atoms with Crippen LogP contribution in [-0.4, -0.2) is 70.9 Å². The van der Waals surface area contributed by atoms with E-state index in [0.29, 0.717) is 0 Å². The molecule has 0 bridgehead atoms. The van der Waals surface area contributed by atoms with E-state index in [-0.39, 0.29) is 5.75 Å². The highest BCUT2D eigenvalue weighted by Gasteiger charge is 2.23. The molecule has 0 aliphatic heterocycles. The summed E-state index contributed by atoms with van der Waals surface area (Å²) in [6.07, 6.45) is 0. The molecule has 22 heavy (non-hydrogen) atoms. The second-order valence-corrected chi connectivity index (χ2v) is 4.74. The molecular formula is C11H20N4O6S. The summed E-state index contributed by atoms with van der Waals surface area (Å²) in [5.41, 5.74) is 5.23. The van der Waals surface area contributed by atoms with E-state index in [0.717, 1.165) is 0 Å². The average molecular weight is 336 g/mol. The maximum atomic E-state index is 11.7. The van der Waals surface area contributed by atoms with Crippen molar-refractivity contribution in [2.45, 2.75) is 25.0 Å². The van der Waals surface area contributed by atoms with Crippen molar-refractivity contribution in [3.63, 3.8) is 0 Å². The Bertz CT molecular complexity index is 433. The van der Waals surface area contributed by atoms with Crippen LogP contribution in [0.25, 0.3) is 0 Å². The Labute approximate surface area is 132 Å². The molecule has 0 aromatic heterocycles. The number of nitrogens with two attached hydrogens (primary N) is 1. The molecule has 0 aliphatic rings. The molecule has 10 nitrogen and oxygen atoms in total. The molecule has 0 rings (SSSR count). The third kappa shape index (κ3) is 7.24. The number of carboxylic acids is 1. The largest absolute Gasteiger partial charge is 0.480 e. The van der Waals surface area contributed by atoms with E-state index >= 15 is 0 Å². The molecular weight excluding hydrogens is 316 g/mol. The van der Waals surface area contributed by atoms with Gasteiger partial charge in [-0.25, -0.2) is 4.79 Å². The van der Waals surface area contributed by atoms with Gasteiger partial charge in [0.05, 0.1) is 13.2 Å². The van der Waals surface area contributed by atoms with Crippen molar-refractivity contribution in [3.8, 4) is 0 Å². The van der Waals surface area contributed by atoms with Crippen molar-refractivity contribution in [1.82, 2.24) is 16.0 Å². The van der Waals surface area contributed by atoms with Gasteiger partial charge >= 0.3 is 5.97 Å². The molecule has 11 heteroatoms. The van der Waals surface area contributed by atoms with Crippen LogP contribution in [0.5, 0.6) is 0 Å². The first-order chi connectivity index (χ1) is 10.2. The van der Waals surface area contributed by atoms with Crippen LogP contribution in [0, 0.1) is 0 Å². The number of aliphatic hydroxyl groups is 1. The van der Waals surface area contributed by atoms with E-state index in [2.05, 4.69) is 28.6 Å². The van der Waals surface area contributed by atoms with Crippen LogP contribution >= 0.6 is 12.6 Å². The molecule has 0 saturated carbocycles. The van der Waals surface area contributed by atoms with Crippen molar-refractivity contribution in [2.75, 3.05) is 18.9 Å². The molecule has 7 N–H and O–H groups in total. The molecule has 0 aromatic carbocycles. The monoisotopic (exact) mass is 336 g/mol. The predicted molar refractivity (Wildman–Crippen MR) is 79.1 cm³/mol. The number of thiol groups is 1. The normalized spacial score (nSPS) is 14.4. The van der Waals surface area contributed by atoms with Gasteiger partial charge in [0.2, 0.25) is 17.7 Å². The van der Waals surface area contributed by atoms with E-state index in [1.807, 2.05) is 0 Å². The van der Waals surface area contributed by atoms with Crippen LogP contribution in [0.15, 0.2) is 0 Å². The fraction of sp³-hybridized carbons (Fsp3) is 0.636. The van der Waals surface area contributed by atoms with Gasteiger partial charge < -0.3 is 31.9 Å². The minimum atomic E-state index is -1.24. The summed E-state index contributed by atoms with van der Waals surface area (Å²) in [5.74, 6) is -3.42. The van der Waals surface area contributed by atoms with Gasteiger partial charge in [-0.3, -0.25) is 14.4 Å². The minimum absolute atomic E-state index is 0.100. The van der Waals surface area contributed by atoms with Gasteiger partial charge in [-0.05, 0) is 6.92 Å². The molecule has 0 aliphatic carbocycles. The van der Waals surface area contributed by atoms with E-state index in [1.165, 1.54) is 6.92 Å². The first kappa shape index (κ1) is 20.1. The molecule has 0 spiro atoms. The highest BCUT2D eigenvalue weighted by Crippen LogP contribution is 1.91. The number of carbonyl (C=O) groups excluding carboxylic acids is 3. The van der Waals surface area contributed by atoms with Crippen LogP contribution in [-0.2, 0) is 19.2 Å². The lowest BCUT2D eigenvalue weighted by Crippen LogP contribution is -2.53. The molecule has 126 valence electrons. The second kappa shape index (κ2) is 9.97. The molecule has 0 radical (unpaired) electrons. The molecule has 3 amide bonds. The highest BCUT2D eigenvalue weighted by atomic mass is 32.1. The van der Waals surface area contributed by atoms with E-state index in [4.69, 9.17) is 15.9 Å². The lowest BCUT2D eigenvalue weighted by Gasteiger charge is -2.17. The second-order valence-electron chi connectivity index (χ2n) is 4.38. The lowest BCUT2D eigenvalue weighted by atomic mass is 10.2. The highest BCUT2D eigenvalue weighted by molar-refractivity contribution is 7.80. The van der Waals surface area contributed by atoms with Crippen LogP contribution in [0.3, 0.4) is 0 Å². The Kier molecular flexibility index (Phi) is 9.13. The van der Waals surface area contributed by atoms with Crippen LogP contribution < -0.4 is 21.7 Å². The lowest BCUT2D eigenvalue weighted by molar-refractivity contribution is -0.141. The summed E-state index contributed by atoms with van der Waals surface area (Å²) in [4.78, 5) is 45.2. The number of carbonyl (C=O) groups is 4. The Balaban J connectivity index is 4.27. The van der Waals surface area contributed by atoms with E-state index < -0.39 is 55.0 Å². The summed E-state index contributed by atoms with van der Waals surface area (Å²) < 4.78 is 0. The first-order valence-corrected chi connectivity index (χ1v) is 6.93. The SMILES string of the molecule is CC(NC(=O)CNC(=O)C(N)CO)C(=O)NC(CS)C(=O)O. The van der Waals surface area contributed by atoms with Gasteiger partial charge in [0.25, 0.3) is 0 Å². The van der Waals surface area contributed by atoms with Crippen molar-refractivity contribution < 1.29 is 29.4 Å². The predicted octanol–water partition coefficient (Wildman–Crippen LogP) is -3.57. The van der Waals surface area contributed by atoms with Crippen molar-refractivity contribution >= 4 is 36.3 Å². The zero-order chi connectivity index (χ0) is 17.3. The number of amides is 3. The van der Waals surface area contributed by atoms with Crippen molar-refractivity contribution in [1.29, 1.82) is 0 Å². The smallest absolute Gasteiger partial charge is 0.327 e. The summed E-state index contributed by atoms with van der Waals surface area (Å²) >= 11 is 3.79. The molecule has 0 fully saturated rings. The zero-order valence-corrected chi connectivity index (χ0v) is 12.8. The van der Waals surface area contributed by atoms with Crippen LogP contribution in [0.1, 0.15) is 6.92 Å². The standard InChI is InChI=1S/C11H20N4O6S/c1-5(9(18)15-7(4-22)11(20)21)14-8(17)2-13-10(19)6(12)3-16/h5-7,16,22H,2-4,12H2,1H3,(H,13,19)(H,14,17)(H,15,18)(H,20,21).